The van der Waals surface area contributed by atoms with Crippen molar-refractivity contribution in [1.82, 2.24) is 15.5 Å². The molecule has 0 radical (unpaired) electrons. The molecular formula is C16H23N3O4. The van der Waals surface area contributed by atoms with Crippen LogP contribution in [0.25, 0.3) is 0 Å². The van der Waals surface area contributed by atoms with Gasteiger partial charge in [-0.25, -0.2) is 0 Å². The van der Waals surface area contributed by atoms with Crippen LogP contribution < -0.4 is 20.1 Å². The second-order valence-corrected chi connectivity index (χ2v) is 5.49. The molecule has 0 aromatic heterocycles. The summed E-state index contributed by atoms with van der Waals surface area (Å²) in [6.07, 6.45) is 0.873. The Morgan fingerprint density at radius 3 is 2.74 bits per heavy atom. The summed E-state index contributed by atoms with van der Waals surface area (Å²) in [5.41, 5.74) is 1.03. The van der Waals surface area contributed by atoms with Gasteiger partial charge in [-0.1, -0.05) is 13.0 Å². The number of benzene rings is 1. The van der Waals surface area contributed by atoms with Crippen molar-refractivity contribution in [3.05, 3.63) is 23.8 Å². The second-order valence-electron chi connectivity index (χ2n) is 5.49. The lowest BCUT2D eigenvalue weighted by Gasteiger charge is -2.16. The first-order valence-electron chi connectivity index (χ1n) is 7.69. The summed E-state index contributed by atoms with van der Waals surface area (Å²) in [6.45, 7) is 3.68. The quantitative estimate of drug-likeness (QED) is 0.728. The van der Waals surface area contributed by atoms with E-state index >= 15 is 0 Å². The topological polar surface area (TPSA) is 79.9 Å². The van der Waals surface area contributed by atoms with Gasteiger partial charge in [0.05, 0.1) is 13.1 Å². The normalized spacial score (nSPS) is 12.3. The largest absolute Gasteiger partial charge is 0.454 e. The number of ether oxygens (including phenoxy) is 2. The number of nitrogens with zero attached hydrogens (tertiary/aromatic N) is 1. The highest BCUT2D eigenvalue weighted by molar-refractivity contribution is 5.85. The number of fused-ring (bicyclic) bond motifs is 1. The molecule has 1 aliphatic rings. The molecule has 23 heavy (non-hydrogen) atoms. The molecule has 2 amide bonds. The Kier molecular flexibility index (Phi) is 6.22. The smallest absolute Gasteiger partial charge is 0.239 e. The molecule has 0 aliphatic carbocycles. The molecule has 2 rings (SSSR count). The summed E-state index contributed by atoms with van der Waals surface area (Å²) in [6, 6.07) is 5.72. The highest BCUT2D eigenvalue weighted by atomic mass is 16.7. The molecular weight excluding hydrogens is 298 g/mol. The van der Waals surface area contributed by atoms with E-state index in [0.717, 1.165) is 23.5 Å². The van der Waals surface area contributed by atoms with Gasteiger partial charge >= 0.3 is 0 Å². The Balaban J connectivity index is 1.72. The number of carbonyl (C=O) groups is 2. The van der Waals surface area contributed by atoms with Crippen LogP contribution in [0.4, 0.5) is 0 Å². The SMILES string of the molecule is CCCNC(=O)CNC(=O)CN(C)Cc1ccc2c(c1)OCO2. The first-order valence-corrected chi connectivity index (χ1v) is 7.69. The first kappa shape index (κ1) is 17.1. The van der Waals surface area contributed by atoms with E-state index in [1.807, 2.05) is 37.1 Å². The standard InChI is InChI=1S/C16H23N3O4/c1-3-6-17-15(20)8-18-16(21)10-19(2)9-12-4-5-13-14(7-12)23-11-22-13/h4-5,7H,3,6,8-11H2,1-2H3,(H,17,20)(H,18,21). The highest BCUT2D eigenvalue weighted by Gasteiger charge is 2.14. The number of likely N-dealkylation sites (N-methyl/N-ethyl adjacent to an activating group) is 1. The van der Waals surface area contributed by atoms with Crippen LogP contribution in [-0.2, 0) is 16.1 Å². The van der Waals surface area contributed by atoms with Gasteiger partial charge in [0.1, 0.15) is 0 Å². The predicted octanol–water partition coefficient (Wildman–Crippen LogP) is 0.490. The molecule has 1 aliphatic heterocycles. The third-order valence-electron chi connectivity index (χ3n) is 3.32. The zero-order valence-electron chi connectivity index (χ0n) is 13.6. The maximum absolute atomic E-state index is 11.8. The number of hydrogen-bond donors (Lipinski definition) is 2. The van der Waals surface area contributed by atoms with Gasteiger partial charge in [0.15, 0.2) is 11.5 Å². The molecule has 126 valence electrons. The molecule has 1 aromatic carbocycles. The molecule has 0 bridgehead atoms. The Labute approximate surface area is 135 Å². The van der Waals surface area contributed by atoms with Crippen LogP contribution in [0, 0.1) is 0 Å². The van der Waals surface area contributed by atoms with E-state index in [-0.39, 0.29) is 31.7 Å². The molecule has 1 heterocycles. The van der Waals surface area contributed by atoms with E-state index in [1.54, 1.807) is 0 Å². The Morgan fingerprint density at radius 2 is 1.96 bits per heavy atom. The second kappa shape index (κ2) is 8.38. The number of nitrogens with one attached hydrogen (secondary N) is 2. The molecule has 0 fully saturated rings. The summed E-state index contributed by atoms with van der Waals surface area (Å²) in [4.78, 5) is 25.1. The molecule has 0 saturated heterocycles. The van der Waals surface area contributed by atoms with Crippen LogP contribution in [0.5, 0.6) is 11.5 Å². The number of carbonyl (C=O) groups excluding carboxylic acids is 2. The lowest BCUT2D eigenvalue weighted by molar-refractivity contribution is -0.126. The average Bonchev–Trinajstić information content (AvgIpc) is 2.98. The van der Waals surface area contributed by atoms with Gasteiger partial charge in [-0.15, -0.1) is 0 Å². The van der Waals surface area contributed by atoms with Crippen molar-refractivity contribution in [2.24, 2.45) is 0 Å². The van der Waals surface area contributed by atoms with Gasteiger partial charge in [-0.05, 0) is 31.2 Å². The van der Waals surface area contributed by atoms with Crippen LogP contribution in [0.1, 0.15) is 18.9 Å². The highest BCUT2D eigenvalue weighted by Crippen LogP contribution is 2.32. The minimum Gasteiger partial charge on any atom is -0.454 e. The lowest BCUT2D eigenvalue weighted by Crippen LogP contribution is -2.41. The van der Waals surface area contributed by atoms with Crippen molar-refractivity contribution in [3.63, 3.8) is 0 Å². The Morgan fingerprint density at radius 1 is 1.17 bits per heavy atom. The minimum absolute atomic E-state index is 0.0106. The lowest BCUT2D eigenvalue weighted by atomic mass is 10.2. The Bertz CT molecular complexity index is 562. The predicted molar refractivity (Wildman–Crippen MR) is 85.2 cm³/mol. The van der Waals surface area contributed by atoms with Crippen molar-refractivity contribution in [2.75, 3.05) is 33.5 Å². The van der Waals surface area contributed by atoms with Gasteiger partial charge < -0.3 is 20.1 Å². The van der Waals surface area contributed by atoms with Crippen LogP contribution in [0.2, 0.25) is 0 Å². The van der Waals surface area contributed by atoms with Gasteiger partial charge in [0, 0.05) is 13.1 Å². The third kappa shape index (κ3) is 5.45. The van der Waals surface area contributed by atoms with Gasteiger partial charge in [0.2, 0.25) is 18.6 Å². The maximum Gasteiger partial charge on any atom is 0.239 e. The van der Waals surface area contributed by atoms with Crippen LogP contribution in [0.15, 0.2) is 18.2 Å². The van der Waals surface area contributed by atoms with E-state index in [9.17, 15) is 9.59 Å². The van der Waals surface area contributed by atoms with E-state index in [2.05, 4.69) is 10.6 Å². The fraction of sp³-hybridized carbons (Fsp3) is 0.500. The first-order chi connectivity index (χ1) is 11.1. The number of hydrogen-bond acceptors (Lipinski definition) is 5. The van der Waals surface area contributed by atoms with Crippen molar-refractivity contribution in [1.29, 1.82) is 0 Å². The van der Waals surface area contributed by atoms with Crippen molar-refractivity contribution in [3.8, 4) is 11.5 Å². The summed E-state index contributed by atoms with van der Waals surface area (Å²) in [7, 11) is 1.85. The number of amides is 2. The fourth-order valence-corrected chi connectivity index (χ4v) is 2.21. The summed E-state index contributed by atoms with van der Waals surface area (Å²) in [5, 5.41) is 5.32. The van der Waals surface area contributed by atoms with Crippen LogP contribution >= 0.6 is 0 Å². The molecule has 0 saturated carbocycles. The molecule has 2 N–H and O–H groups in total. The molecule has 0 unspecified atom stereocenters. The molecule has 7 heteroatoms. The van der Waals surface area contributed by atoms with Crippen molar-refractivity contribution in [2.45, 2.75) is 19.9 Å². The summed E-state index contributed by atoms with van der Waals surface area (Å²) < 4.78 is 10.6. The van der Waals surface area contributed by atoms with E-state index < -0.39 is 0 Å². The van der Waals surface area contributed by atoms with Crippen LogP contribution in [-0.4, -0.2) is 50.2 Å². The average molecular weight is 321 g/mol. The maximum atomic E-state index is 11.8. The van der Waals surface area contributed by atoms with E-state index in [4.69, 9.17) is 9.47 Å². The van der Waals surface area contributed by atoms with Gasteiger partial charge in [-0.2, -0.15) is 0 Å². The summed E-state index contributed by atoms with van der Waals surface area (Å²) in [5.74, 6) is 1.12. The third-order valence-corrected chi connectivity index (χ3v) is 3.32. The zero-order valence-corrected chi connectivity index (χ0v) is 13.6. The molecule has 0 spiro atoms. The summed E-state index contributed by atoms with van der Waals surface area (Å²) >= 11 is 0. The van der Waals surface area contributed by atoms with E-state index in [1.165, 1.54) is 0 Å². The van der Waals surface area contributed by atoms with Gasteiger partial charge in [-0.3, -0.25) is 14.5 Å². The Hall–Kier alpha value is -2.28. The van der Waals surface area contributed by atoms with Crippen molar-refractivity contribution < 1.29 is 19.1 Å². The fourth-order valence-electron chi connectivity index (χ4n) is 2.21. The molecule has 7 nitrogen and oxygen atoms in total. The van der Waals surface area contributed by atoms with Crippen molar-refractivity contribution >= 4 is 11.8 Å². The van der Waals surface area contributed by atoms with Crippen LogP contribution in [0.3, 0.4) is 0 Å². The molecule has 0 atom stereocenters. The monoisotopic (exact) mass is 321 g/mol. The zero-order chi connectivity index (χ0) is 16.7. The van der Waals surface area contributed by atoms with Gasteiger partial charge in [0.25, 0.3) is 0 Å². The number of rotatable bonds is 8. The van der Waals surface area contributed by atoms with E-state index in [0.29, 0.717) is 13.1 Å². The minimum atomic E-state index is -0.181. The molecule has 1 aromatic rings.